The summed E-state index contributed by atoms with van der Waals surface area (Å²) in [5.74, 6) is 1.28. The second-order valence-corrected chi connectivity index (χ2v) is 6.10. The van der Waals surface area contributed by atoms with Gasteiger partial charge in [-0.25, -0.2) is 4.79 Å². The van der Waals surface area contributed by atoms with E-state index < -0.39 is 0 Å². The van der Waals surface area contributed by atoms with Crippen LogP contribution in [0.15, 0.2) is 48.7 Å². The van der Waals surface area contributed by atoms with Gasteiger partial charge in [-0.3, -0.25) is 4.68 Å². The summed E-state index contributed by atoms with van der Waals surface area (Å²) in [7, 11) is 4.93. The molecule has 0 fully saturated rings. The van der Waals surface area contributed by atoms with E-state index in [0.717, 1.165) is 5.56 Å². The number of halogens is 1. The fourth-order valence-corrected chi connectivity index (χ4v) is 2.95. The fourth-order valence-electron chi connectivity index (χ4n) is 2.68. The number of ether oxygens (including phenoxy) is 2. The van der Waals surface area contributed by atoms with E-state index in [9.17, 15) is 4.79 Å². The molecule has 0 radical (unpaired) electrons. The van der Waals surface area contributed by atoms with Crippen LogP contribution >= 0.6 is 11.6 Å². The highest BCUT2D eigenvalue weighted by Crippen LogP contribution is 2.36. The van der Waals surface area contributed by atoms with Gasteiger partial charge in [0, 0.05) is 30.1 Å². The van der Waals surface area contributed by atoms with Crippen molar-refractivity contribution in [3.63, 3.8) is 0 Å². The van der Waals surface area contributed by atoms with Gasteiger partial charge >= 0.3 is 6.03 Å². The van der Waals surface area contributed by atoms with Crippen LogP contribution in [0.4, 0.5) is 16.2 Å². The standard InChI is InChI=1S/C19H19ClN4O3/c1-24-18(16(20)11-21-24)15-10-13(7-8-17(15)27-3)23-19(25)22-12-5-4-6-14(9-12)26-2/h4-11H,1-3H3,(H2,22,23,25). The zero-order valence-corrected chi connectivity index (χ0v) is 15.9. The van der Waals surface area contributed by atoms with Gasteiger partial charge in [0.15, 0.2) is 0 Å². The number of hydrogen-bond acceptors (Lipinski definition) is 4. The molecule has 2 amide bonds. The van der Waals surface area contributed by atoms with Crippen molar-refractivity contribution < 1.29 is 14.3 Å². The molecule has 0 aliphatic heterocycles. The molecule has 140 valence electrons. The molecule has 3 aromatic rings. The van der Waals surface area contributed by atoms with E-state index in [2.05, 4.69) is 15.7 Å². The lowest BCUT2D eigenvalue weighted by Gasteiger charge is -2.13. The molecule has 0 aliphatic rings. The average molecular weight is 387 g/mol. The Bertz CT molecular complexity index is 952. The summed E-state index contributed by atoms with van der Waals surface area (Å²) in [5, 5.41) is 10.2. The van der Waals surface area contributed by atoms with Crippen LogP contribution in [0, 0.1) is 0 Å². The molecule has 0 bridgehead atoms. The first kappa shape index (κ1) is 18.6. The van der Waals surface area contributed by atoms with E-state index in [1.165, 1.54) is 0 Å². The Kier molecular flexibility index (Phi) is 5.52. The minimum Gasteiger partial charge on any atom is -0.497 e. The summed E-state index contributed by atoms with van der Waals surface area (Å²) in [6.07, 6.45) is 1.56. The minimum absolute atomic E-state index is 0.379. The van der Waals surface area contributed by atoms with Gasteiger partial charge in [0.2, 0.25) is 0 Å². The van der Waals surface area contributed by atoms with Crippen molar-refractivity contribution in [2.24, 2.45) is 7.05 Å². The van der Waals surface area contributed by atoms with Crippen LogP contribution in [0.1, 0.15) is 0 Å². The van der Waals surface area contributed by atoms with Crippen molar-refractivity contribution in [1.82, 2.24) is 9.78 Å². The van der Waals surface area contributed by atoms with E-state index in [1.807, 2.05) is 0 Å². The summed E-state index contributed by atoms with van der Waals surface area (Å²) in [4.78, 5) is 12.3. The highest BCUT2D eigenvalue weighted by molar-refractivity contribution is 6.33. The molecular formula is C19H19ClN4O3. The highest BCUT2D eigenvalue weighted by atomic mass is 35.5. The smallest absolute Gasteiger partial charge is 0.323 e. The number of aryl methyl sites for hydroxylation is 1. The Labute approximate surface area is 161 Å². The van der Waals surface area contributed by atoms with Crippen molar-refractivity contribution in [3.8, 4) is 22.8 Å². The largest absolute Gasteiger partial charge is 0.497 e. The zero-order valence-electron chi connectivity index (χ0n) is 15.1. The summed E-state index contributed by atoms with van der Waals surface area (Å²) in [6, 6.07) is 12.0. The van der Waals surface area contributed by atoms with Gasteiger partial charge in [0.05, 0.1) is 31.1 Å². The van der Waals surface area contributed by atoms with Crippen LogP contribution in [0.5, 0.6) is 11.5 Å². The molecule has 8 heteroatoms. The molecule has 7 nitrogen and oxygen atoms in total. The average Bonchev–Trinajstić information content (AvgIpc) is 3.00. The van der Waals surface area contributed by atoms with Crippen LogP contribution in [0.3, 0.4) is 0 Å². The van der Waals surface area contributed by atoms with Gasteiger partial charge < -0.3 is 20.1 Å². The van der Waals surface area contributed by atoms with Gasteiger partial charge in [-0.15, -0.1) is 0 Å². The predicted molar refractivity (Wildman–Crippen MR) is 106 cm³/mol. The topological polar surface area (TPSA) is 77.4 Å². The Morgan fingerprint density at radius 3 is 2.44 bits per heavy atom. The van der Waals surface area contributed by atoms with E-state index in [1.54, 1.807) is 74.6 Å². The van der Waals surface area contributed by atoms with Crippen LogP contribution in [-0.2, 0) is 7.05 Å². The summed E-state index contributed by atoms with van der Waals surface area (Å²) in [6.45, 7) is 0. The number of hydrogen-bond donors (Lipinski definition) is 2. The van der Waals surface area contributed by atoms with Crippen molar-refractivity contribution in [1.29, 1.82) is 0 Å². The molecule has 1 aromatic heterocycles. The minimum atomic E-state index is -0.379. The molecule has 3 rings (SSSR count). The van der Waals surface area contributed by atoms with E-state index in [-0.39, 0.29) is 6.03 Å². The molecular weight excluding hydrogens is 368 g/mol. The third-order valence-corrected chi connectivity index (χ3v) is 4.21. The third kappa shape index (κ3) is 4.15. The molecule has 0 unspecified atom stereocenters. The second-order valence-electron chi connectivity index (χ2n) is 5.69. The van der Waals surface area contributed by atoms with Crippen molar-refractivity contribution in [2.75, 3.05) is 24.9 Å². The van der Waals surface area contributed by atoms with Gasteiger partial charge in [0.1, 0.15) is 11.5 Å². The number of carbonyl (C=O) groups excluding carboxylic acids is 1. The molecule has 1 heterocycles. The molecule has 0 spiro atoms. The molecule has 0 atom stereocenters. The monoisotopic (exact) mass is 386 g/mol. The van der Waals surface area contributed by atoms with E-state index in [4.69, 9.17) is 21.1 Å². The number of nitrogens with zero attached hydrogens (tertiary/aromatic N) is 2. The summed E-state index contributed by atoms with van der Waals surface area (Å²) in [5.41, 5.74) is 2.63. The number of amides is 2. The first-order chi connectivity index (χ1) is 13.0. The van der Waals surface area contributed by atoms with Crippen LogP contribution in [0.2, 0.25) is 5.02 Å². The second kappa shape index (κ2) is 8.01. The maximum Gasteiger partial charge on any atom is 0.323 e. The van der Waals surface area contributed by atoms with Crippen LogP contribution in [-0.4, -0.2) is 30.0 Å². The Morgan fingerprint density at radius 2 is 1.81 bits per heavy atom. The normalized spacial score (nSPS) is 10.4. The molecule has 0 saturated heterocycles. The third-order valence-electron chi connectivity index (χ3n) is 3.93. The lowest BCUT2D eigenvalue weighted by Crippen LogP contribution is -2.19. The molecule has 2 aromatic carbocycles. The van der Waals surface area contributed by atoms with Crippen molar-refractivity contribution in [2.45, 2.75) is 0 Å². The van der Waals surface area contributed by atoms with Crippen LogP contribution in [0.25, 0.3) is 11.3 Å². The first-order valence-electron chi connectivity index (χ1n) is 8.09. The summed E-state index contributed by atoms with van der Waals surface area (Å²) < 4.78 is 12.2. The lowest BCUT2D eigenvalue weighted by atomic mass is 10.1. The Hall–Kier alpha value is -3.19. The van der Waals surface area contributed by atoms with Gasteiger partial charge in [-0.05, 0) is 30.3 Å². The number of urea groups is 1. The molecule has 0 aliphatic carbocycles. The van der Waals surface area contributed by atoms with Crippen LogP contribution < -0.4 is 20.1 Å². The number of rotatable bonds is 5. The Balaban J connectivity index is 1.83. The predicted octanol–water partition coefficient (Wildman–Crippen LogP) is 4.40. The van der Waals surface area contributed by atoms with E-state index >= 15 is 0 Å². The summed E-state index contributed by atoms with van der Waals surface area (Å²) >= 11 is 6.25. The lowest BCUT2D eigenvalue weighted by molar-refractivity contribution is 0.262. The number of aromatic nitrogens is 2. The SMILES string of the molecule is COc1cccc(NC(=O)Nc2ccc(OC)c(-c3c(Cl)cnn3C)c2)c1. The van der Waals surface area contributed by atoms with Crippen molar-refractivity contribution in [3.05, 3.63) is 53.7 Å². The number of methoxy groups -OCH3 is 2. The number of carbonyl (C=O) groups is 1. The van der Waals surface area contributed by atoms with Crippen molar-refractivity contribution >= 4 is 29.0 Å². The van der Waals surface area contributed by atoms with E-state index in [0.29, 0.717) is 33.6 Å². The van der Waals surface area contributed by atoms with Gasteiger partial charge in [0.25, 0.3) is 0 Å². The molecule has 27 heavy (non-hydrogen) atoms. The first-order valence-corrected chi connectivity index (χ1v) is 8.47. The Morgan fingerprint density at radius 1 is 1.07 bits per heavy atom. The molecule has 2 N–H and O–H groups in total. The maximum atomic E-state index is 12.3. The molecule has 0 saturated carbocycles. The van der Waals surface area contributed by atoms with Gasteiger partial charge in [-0.1, -0.05) is 17.7 Å². The number of nitrogens with one attached hydrogen (secondary N) is 2. The zero-order chi connectivity index (χ0) is 19.4. The maximum absolute atomic E-state index is 12.3. The number of anilines is 2. The number of benzene rings is 2. The fraction of sp³-hybridized carbons (Fsp3) is 0.158. The quantitative estimate of drug-likeness (QED) is 0.681. The highest BCUT2D eigenvalue weighted by Gasteiger charge is 2.15. The van der Waals surface area contributed by atoms with Gasteiger partial charge in [-0.2, -0.15) is 5.10 Å².